The number of benzene rings is 1. The molecule has 0 bridgehead atoms. The summed E-state index contributed by atoms with van der Waals surface area (Å²) in [7, 11) is 2.00. The van der Waals surface area contributed by atoms with Gasteiger partial charge in [-0.1, -0.05) is 13.8 Å². The Morgan fingerprint density at radius 3 is 2.32 bits per heavy atom. The van der Waals surface area contributed by atoms with E-state index in [1.165, 1.54) is 6.07 Å². The minimum absolute atomic E-state index is 0.00108. The highest BCUT2D eigenvalue weighted by molar-refractivity contribution is 5.97. The smallest absolute Gasteiger partial charge is 0.252 e. The van der Waals surface area contributed by atoms with Gasteiger partial charge in [0.05, 0.1) is 0 Å². The van der Waals surface area contributed by atoms with Crippen LogP contribution in [0.2, 0.25) is 0 Å². The van der Waals surface area contributed by atoms with E-state index in [-0.39, 0.29) is 17.4 Å². The van der Waals surface area contributed by atoms with Gasteiger partial charge < -0.3 is 15.1 Å². The molecule has 1 fully saturated rings. The van der Waals surface area contributed by atoms with Gasteiger partial charge in [-0.15, -0.1) is 0 Å². The average molecular weight is 353 g/mol. The van der Waals surface area contributed by atoms with Crippen LogP contribution in [0.15, 0.2) is 18.2 Å². The number of likely N-dealkylation sites (N-methyl/N-ethyl adjacent to an activating group) is 1. The van der Waals surface area contributed by atoms with Crippen LogP contribution in [-0.4, -0.2) is 60.9 Å². The van der Waals surface area contributed by atoms with E-state index < -0.39 is 23.6 Å². The molecule has 1 heterocycles. The van der Waals surface area contributed by atoms with E-state index in [2.05, 4.69) is 10.2 Å². The van der Waals surface area contributed by atoms with E-state index in [9.17, 15) is 18.4 Å². The Labute approximate surface area is 147 Å². The standard InChI is InChI=1S/C18H25F2N3O2/c1-12(2)10-16(18(25)23-8-6-22(3)7-9-23)21-17(24)13-4-5-14(19)15(20)11-13/h4-5,11-12,16H,6-10H2,1-3H3,(H,21,24)/t16-/m1/s1. The molecule has 25 heavy (non-hydrogen) atoms. The lowest BCUT2D eigenvalue weighted by atomic mass is 10.0. The average Bonchev–Trinajstić information content (AvgIpc) is 2.56. The number of hydrogen-bond donors (Lipinski definition) is 1. The SMILES string of the molecule is CC(C)C[C@@H](NC(=O)c1ccc(F)c(F)c1)C(=O)N1CCN(C)CC1. The summed E-state index contributed by atoms with van der Waals surface area (Å²) in [5, 5.41) is 2.69. The molecule has 1 atom stereocenters. The van der Waals surface area contributed by atoms with Crippen LogP contribution in [0.5, 0.6) is 0 Å². The lowest BCUT2D eigenvalue weighted by Gasteiger charge is -2.35. The second-order valence-corrected chi connectivity index (χ2v) is 6.91. The number of halogens is 2. The topological polar surface area (TPSA) is 52.7 Å². The van der Waals surface area contributed by atoms with Crippen molar-refractivity contribution in [2.75, 3.05) is 33.2 Å². The van der Waals surface area contributed by atoms with E-state index in [0.29, 0.717) is 19.5 Å². The molecule has 2 rings (SSSR count). The Bertz CT molecular complexity index is 629. The van der Waals surface area contributed by atoms with Gasteiger partial charge in [0, 0.05) is 31.7 Å². The monoisotopic (exact) mass is 353 g/mol. The van der Waals surface area contributed by atoms with Crippen LogP contribution in [0.1, 0.15) is 30.6 Å². The van der Waals surface area contributed by atoms with E-state index >= 15 is 0 Å². The highest BCUT2D eigenvalue weighted by Gasteiger charge is 2.29. The zero-order chi connectivity index (χ0) is 18.6. The molecule has 1 aliphatic heterocycles. The van der Waals surface area contributed by atoms with Gasteiger partial charge in [-0.25, -0.2) is 8.78 Å². The molecule has 2 amide bonds. The molecular formula is C18H25F2N3O2. The van der Waals surface area contributed by atoms with Gasteiger partial charge in [0.1, 0.15) is 6.04 Å². The Morgan fingerprint density at radius 2 is 1.76 bits per heavy atom. The zero-order valence-electron chi connectivity index (χ0n) is 14.9. The normalized spacial score (nSPS) is 16.8. The van der Waals surface area contributed by atoms with Crippen molar-refractivity contribution in [2.45, 2.75) is 26.3 Å². The van der Waals surface area contributed by atoms with Crippen molar-refractivity contribution in [3.05, 3.63) is 35.4 Å². The van der Waals surface area contributed by atoms with Crippen LogP contribution in [0.4, 0.5) is 8.78 Å². The number of nitrogens with zero attached hydrogens (tertiary/aromatic N) is 2. The number of rotatable bonds is 5. The predicted octanol–water partition coefficient (Wildman–Crippen LogP) is 1.88. The number of piperazine rings is 1. The van der Waals surface area contributed by atoms with Crippen molar-refractivity contribution in [1.82, 2.24) is 15.1 Å². The van der Waals surface area contributed by atoms with Crippen LogP contribution in [0.25, 0.3) is 0 Å². The zero-order valence-corrected chi connectivity index (χ0v) is 14.9. The first-order valence-corrected chi connectivity index (χ1v) is 8.51. The van der Waals surface area contributed by atoms with E-state index in [0.717, 1.165) is 25.2 Å². The third-order valence-corrected chi connectivity index (χ3v) is 4.31. The maximum atomic E-state index is 13.3. The molecule has 0 radical (unpaired) electrons. The van der Waals surface area contributed by atoms with Gasteiger partial charge in [-0.2, -0.15) is 0 Å². The molecule has 0 aromatic heterocycles. The summed E-state index contributed by atoms with van der Waals surface area (Å²) >= 11 is 0. The largest absolute Gasteiger partial charge is 0.340 e. The quantitative estimate of drug-likeness (QED) is 0.879. The minimum atomic E-state index is -1.08. The summed E-state index contributed by atoms with van der Waals surface area (Å²) < 4.78 is 26.4. The molecule has 1 aromatic carbocycles. The molecule has 1 aromatic rings. The van der Waals surface area contributed by atoms with Gasteiger partial charge >= 0.3 is 0 Å². The lowest BCUT2D eigenvalue weighted by Crippen LogP contribution is -2.54. The molecule has 1 saturated heterocycles. The van der Waals surface area contributed by atoms with Crippen LogP contribution in [0.3, 0.4) is 0 Å². The summed E-state index contributed by atoms with van der Waals surface area (Å²) in [6, 6.07) is 2.28. The van der Waals surface area contributed by atoms with Crippen LogP contribution >= 0.6 is 0 Å². The van der Waals surface area contributed by atoms with Gasteiger partial charge in [-0.3, -0.25) is 9.59 Å². The van der Waals surface area contributed by atoms with Gasteiger partial charge in [0.25, 0.3) is 5.91 Å². The van der Waals surface area contributed by atoms with E-state index in [4.69, 9.17) is 0 Å². The first-order chi connectivity index (χ1) is 11.8. The van der Waals surface area contributed by atoms with Crippen molar-refractivity contribution in [1.29, 1.82) is 0 Å². The fourth-order valence-electron chi connectivity index (χ4n) is 2.82. The summed E-state index contributed by atoms with van der Waals surface area (Å²) in [6.07, 6.45) is 0.487. The molecule has 0 saturated carbocycles. The molecule has 0 spiro atoms. The number of nitrogens with one attached hydrogen (secondary N) is 1. The predicted molar refractivity (Wildman–Crippen MR) is 91.1 cm³/mol. The first-order valence-electron chi connectivity index (χ1n) is 8.51. The van der Waals surface area contributed by atoms with Crippen molar-refractivity contribution in [2.24, 2.45) is 5.92 Å². The number of carbonyl (C=O) groups is 2. The minimum Gasteiger partial charge on any atom is -0.340 e. The van der Waals surface area contributed by atoms with E-state index in [1.807, 2.05) is 20.9 Å². The Balaban J connectivity index is 2.09. The molecule has 0 aliphatic carbocycles. The highest BCUT2D eigenvalue weighted by atomic mass is 19.2. The molecule has 7 heteroatoms. The third-order valence-electron chi connectivity index (χ3n) is 4.31. The fourth-order valence-corrected chi connectivity index (χ4v) is 2.82. The molecule has 5 nitrogen and oxygen atoms in total. The first kappa shape index (κ1) is 19.3. The third kappa shape index (κ3) is 5.22. The van der Waals surface area contributed by atoms with Crippen molar-refractivity contribution >= 4 is 11.8 Å². The molecule has 1 aliphatic rings. The van der Waals surface area contributed by atoms with Crippen molar-refractivity contribution in [3.8, 4) is 0 Å². The lowest BCUT2D eigenvalue weighted by molar-refractivity contribution is -0.135. The number of carbonyl (C=O) groups excluding carboxylic acids is 2. The van der Waals surface area contributed by atoms with Gasteiger partial charge in [0.15, 0.2) is 11.6 Å². The molecule has 1 N–H and O–H groups in total. The Kier molecular flexibility index (Phi) is 6.47. The second kappa shape index (κ2) is 8.38. The Hall–Kier alpha value is -2.02. The molecular weight excluding hydrogens is 328 g/mol. The number of amides is 2. The maximum absolute atomic E-state index is 13.3. The van der Waals surface area contributed by atoms with Crippen molar-refractivity contribution < 1.29 is 18.4 Å². The van der Waals surface area contributed by atoms with Crippen LogP contribution < -0.4 is 5.32 Å². The van der Waals surface area contributed by atoms with Gasteiger partial charge in [-0.05, 0) is 37.6 Å². The molecule has 138 valence electrons. The second-order valence-electron chi connectivity index (χ2n) is 6.91. The van der Waals surface area contributed by atoms with Crippen molar-refractivity contribution in [3.63, 3.8) is 0 Å². The summed E-state index contributed by atoms with van der Waals surface area (Å²) in [4.78, 5) is 29.0. The fraction of sp³-hybridized carbons (Fsp3) is 0.556. The number of hydrogen-bond acceptors (Lipinski definition) is 3. The summed E-state index contributed by atoms with van der Waals surface area (Å²) in [5.41, 5.74) is -0.00108. The van der Waals surface area contributed by atoms with Gasteiger partial charge in [0.2, 0.25) is 5.91 Å². The van der Waals surface area contributed by atoms with Crippen LogP contribution in [0, 0.1) is 17.6 Å². The van der Waals surface area contributed by atoms with Crippen LogP contribution in [-0.2, 0) is 4.79 Å². The summed E-state index contributed by atoms with van der Waals surface area (Å²) in [6.45, 7) is 6.74. The Morgan fingerprint density at radius 1 is 1.12 bits per heavy atom. The summed E-state index contributed by atoms with van der Waals surface area (Å²) in [5.74, 6) is -2.60. The molecule has 0 unspecified atom stereocenters. The highest BCUT2D eigenvalue weighted by Crippen LogP contribution is 2.13. The van der Waals surface area contributed by atoms with E-state index in [1.54, 1.807) is 4.90 Å². The maximum Gasteiger partial charge on any atom is 0.252 e.